The molecule has 0 aliphatic rings. The number of benzene rings is 1. The third-order valence-electron chi connectivity index (χ3n) is 2.80. The van der Waals surface area contributed by atoms with E-state index in [1.807, 2.05) is 0 Å². The summed E-state index contributed by atoms with van der Waals surface area (Å²) in [6.45, 7) is 0.0555. The highest BCUT2D eigenvalue weighted by Gasteiger charge is 2.31. The summed E-state index contributed by atoms with van der Waals surface area (Å²) in [4.78, 5) is 11.6. The van der Waals surface area contributed by atoms with Crippen molar-refractivity contribution in [3.63, 3.8) is 0 Å². The standard InChI is InChI=1S/C14H12F3NO2/c1-20-12-4-2-3-10(7-12)8-18-9-11(14(15,16)17)5-6-13(18)19/h2-7,9H,8H2,1H3. The van der Waals surface area contributed by atoms with Crippen molar-refractivity contribution in [1.82, 2.24) is 4.57 Å². The summed E-state index contributed by atoms with van der Waals surface area (Å²) in [6, 6.07) is 8.53. The second-order valence-electron chi connectivity index (χ2n) is 4.23. The molecular formula is C14H12F3NO2. The predicted octanol–water partition coefficient (Wildman–Crippen LogP) is 2.92. The molecule has 0 spiro atoms. The summed E-state index contributed by atoms with van der Waals surface area (Å²) < 4.78 is 43.9. The maximum Gasteiger partial charge on any atom is 0.417 e. The molecule has 1 aromatic heterocycles. The molecule has 3 nitrogen and oxygen atoms in total. The molecule has 0 aliphatic carbocycles. The molecule has 0 radical (unpaired) electrons. The van der Waals surface area contributed by atoms with Crippen LogP contribution in [0, 0.1) is 0 Å². The van der Waals surface area contributed by atoms with Crippen LogP contribution < -0.4 is 10.3 Å². The van der Waals surface area contributed by atoms with Gasteiger partial charge in [0.05, 0.1) is 19.2 Å². The van der Waals surface area contributed by atoms with Gasteiger partial charge in [0.25, 0.3) is 5.56 Å². The van der Waals surface area contributed by atoms with Crippen molar-refractivity contribution in [3.8, 4) is 5.75 Å². The fraction of sp³-hybridized carbons (Fsp3) is 0.214. The lowest BCUT2D eigenvalue weighted by Gasteiger charge is -2.11. The largest absolute Gasteiger partial charge is 0.497 e. The summed E-state index contributed by atoms with van der Waals surface area (Å²) >= 11 is 0. The van der Waals surface area contributed by atoms with Gasteiger partial charge in [-0.2, -0.15) is 13.2 Å². The number of pyridine rings is 1. The third kappa shape index (κ3) is 3.20. The van der Waals surface area contributed by atoms with Gasteiger partial charge < -0.3 is 9.30 Å². The van der Waals surface area contributed by atoms with Crippen molar-refractivity contribution < 1.29 is 17.9 Å². The molecule has 0 bridgehead atoms. The van der Waals surface area contributed by atoms with Gasteiger partial charge in [-0.25, -0.2) is 0 Å². The van der Waals surface area contributed by atoms with Crippen LogP contribution in [0.4, 0.5) is 13.2 Å². The molecule has 0 N–H and O–H groups in total. The van der Waals surface area contributed by atoms with Crippen LogP contribution in [0.1, 0.15) is 11.1 Å². The molecule has 0 saturated carbocycles. The van der Waals surface area contributed by atoms with E-state index in [1.165, 1.54) is 7.11 Å². The number of hydrogen-bond acceptors (Lipinski definition) is 2. The number of aromatic nitrogens is 1. The first-order valence-corrected chi connectivity index (χ1v) is 5.81. The zero-order valence-corrected chi connectivity index (χ0v) is 10.6. The highest BCUT2D eigenvalue weighted by atomic mass is 19.4. The zero-order valence-electron chi connectivity index (χ0n) is 10.6. The number of rotatable bonds is 3. The van der Waals surface area contributed by atoms with Crippen LogP contribution in [0.2, 0.25) is 0 Å². The number of methoxy groups -OCH3 is 1. The van der Waals surface area contributed by atoms with E-state index in [1.54, 1.807) is 24.3 Å². The number of ether oxygens (including phenoxy) is 1. The summed E-state index contributed by atoms with van der Waals surface area (Å²) in [5.74, 6) is 0.586. The molecule has 2 aromatic rings. The van der Waals surface area contributed by atoms with Gasteiger partial charge in [0, 0.05) is 12.3 Å². The van der Waals surface area contributed by atoms with E-state index in [-0.39, 0.29) is 6.54 Å². The van der Waals surface area contributed by atoms with Crippen molar-refractivity contribution >= 4 is 0 Å². The molecule has 0 aliphatic heterocycles. The molecule has 6 heteroatoms. The van der Waals surface area contributed by atoms with Crippen molar-refractivity contribution in [2.45, 2.75) is 12.7 Å². The van der Waals surface area contributed by atoms with E-state index in [4.69, 9.17) is 4.74 Å². The minimum absolute atomic E-state index is 0.0555. The lowest BCUT2D eigenvalue weighted by atomic mass is 10.2. The molecule has 0 unspecified atom stereocenters. The summed E-state index contributed by atoms with van der Waals surface area (Å²) in [5, 5.41) is 0. The molecule has 0 amide bonds. The quantitative estimate of drug-likeness (QED) is 0.867. The lowest BCUT2D eigenvalue weighted by molar-refractivity contribution is -0.138. The van der Waals surface area contributed by atoms with Gasteiger partial charge in [0.1, 0.15) is 5.75 Å². The lowest BCUT2D eigenvalue weighted by Crippen LogP contribution is -2.21. The van der Waals surface area contributed by atoms with Gasteiger partial charge in [-0.3, -0.25) is 4.79 Å². The normalized spacial score (nSPS) is 11.4. The van der Waals surface area contributed by atoms with Crippen LogP contribution in [0.15, 0.2) is 47.4 Å². The molecule has 2 rings (SSSR count). The summed E-state index contributed by atoms with van der Waals surface area (Å²) in [7, 11) is 1.50. The fourth-order valence-corrected chi connectivity index (χ4v) is 1.79. The van der Waals surface area contributed by atoms with Crippen LogP contribution in [0.5, 0.6) is 5.75 Å². The van der Waals surface area contributed by atoms with E-state index in [0.717, 1.165) is 22.9 Å². The smallest absolute Gasteiger partial charge is 0.417 e. The number of alkyl halides is 3. The Hall–Kier alpha value is -2.24. The zero-order chi connectivity index (χ0) is 14.8. The Balaban J connectivity index is 2.35. The Morgan fingerprint density at radius 3 is 2.60 bits per heavy atom. The fourth-order valence-electron chi connectivity index (χ4n) is 1.79. The maximum atomic E-state index is 12.6. The monoisotopic (exact) mass is 283 g/mol. The van der Waals surface area contributed by atoms with Crippen LogP contribution in [-0.2, 0) is 12.7 Å². The van der Waals surface area contributed by atoms with Gasteiger partial charge in [-0.1, -0.05) is 12.1 Å². The highest BCUT2D eigenvalue weighted by molar-refractivity contribution is 5.29. The summed E-state index contributed by atoms with van der Waals surface area (Å²) in [6.07, 6.45) is -3.65. The van der Waals surface area contributed by atoms with E-state index in [9.17, 15) is 18.0 Å². The highest BCUT2D eigenvalue weighted by Crippen LogP contribution is 2.28. The van der Waals surface area contributed by atoms with Crippen molar-refractivity contribution in [3.05, 3.63) is 64.1 Å². The number of halogens is 3. The van der Waals surface area contributed by atoms with E-state index < -0.39 is 17.3 Å². The van der Waals surface area contributed by atoms with Gasteiger partial charge in [0.15, 0.2) is 0 Å². The SMILES string of the molecule is COc1cccc(Cn2cc(C(F)(F)F)ccc2=O)c1. The van der Waals surface area contributed by atoms with Crippen molar-refractivity contribution in [2.24, 2.45) is 0 Å². The van der Waals surface area contributed by atoms with Gasteiger partial charge in [0.2, 0.25) is 0 Å². The van der Waals surface area contributed by atoms with E-state index in [2.05, 4.69) is 0 Å². The summed E-state index contributed by atoms with van der Waals surface area (Å²) in [5.41, 5.74) is -0.647. The second-order valence-corrected chi connectivity index (χ2v) is 4.23. The van der Waals surface area contributed by atoms with Crippen LogP contribution >= 0.6 is 0 Å². The van der Waals surface area contributed by atoms with Gasteiger partial charge >= 0.3 is 6.18 Å². The molecular weight excluding hydrogens is 271 g/mol. The first-order valence-electron chi connectivity index (χ1n) is 5.81. The first-order chi connectivity index (χ1) is 9.40. The Morgan fingerprint density at radius 1 is 1.20 bits per heavy atom. The average molecular weight is 283 g/mol. The molecule has 106 valence electrons. The van der Waals surface area contributed by atoms with Crippen LogP contribution in [0.3, 0.4) is 0 Å². The predicted molar refractivity (Wildman–Crippen MR) is 67.8 cm³/mol. The molecule has 0 atom stereocenters. The Morgan fingerprint density at radius 2 is 1.95 bits per heavy atom. The van der Waals surface area contributed by atoms with Crippen LogP contribution in [-0.4, -0.2) is 11.7 Å². The molecule has 0 fully saturated rings. The number of nitrogens with zero attached hydrogens (tertiary/aromatic N) is 1. The third-order valence-corrected chi connectivity index (χ3v) is 2.80. The van der Waals surface area contributed by atoms with E-state index in [0.29, 0.717) is 11.3 Å². The Labute approximate surface area is 113 Å². The van der Waals surface area contributed by atoms with Gasteiger partial charge in [-0.05, 0) is 23.8 Å². The minimum Gasteiger partial charge on any atom is -0.497 e. The Bertz CT molecular complexity index is 662. The first kappa shape index (κ1) is 14.2. The number of hydrogen-bond donors (Lipinski definition) is 0. The molecule has 1 heterocycles. The second kappa shape index (κ2) is 5.40. The Kier molecular flexibility index (Phi) is 3.83. The van der Waals surface area contributed by atoms with Crippen molar-refractivity contribution in [1.29, 1.82) is 0 Å². The molecule has 20 heavy (non-hydrogen) atoms. The maximum absolute atomic E-state index is 12.6. The van der Waals surface area contributed by atoms with E-state index >= 15 is 0 Å². The average Bonchev–Trinajstić information content (AvgIpc) is 2.40. The van der Waals surface area contributed by atoms with Crippen molar-refractivity contribution in [2.75, 3.05) is 7.11 Å². The molecule has 0 saturated heterocycles. The minimum atomic E-state index is -4.47. The molecule has 1 aromatic carbocycles. The topological polar surface area (TPSA) is 31.2 Å². The van der Waals surface area contributed by atoms with Gasteiger partial charge in [-0.15, -0.1) is 0 Å². The van der Waals surface area contributed by atoms with Crippen LogP contribution in [0.25, 0.3) is 0 Å².